The third-order valence-electron chi connectivity index (χ3n) is 8.32. The van der Waals surface area contributed by atoms with Crippen molar-refractivity contribution in [1.82, 2.24) is 40.9 Å². The first-order valence-electron chi connectivity index (χ1n) is 16.1. The number of nitrogens with one attached hydrogen (secondary N) is 4. The summed E-state index contributed by atoms with van der Waals surface area (Å²) in [5.41, 5.74) is 2.59. The Labute approximate surface area is 255 Å². The van der Waals surface area contributed by atoms with Gasteiger partial charge in [-0.15, -0.1) is 5.10 Å². The highest BCUT2D eigenvalue weighted by atomic mass is 15.4. The molecule has 11 nitrogen and oxygen atoms in total. The Kier molecular flexibility index (Phi) is 12.1. The molecular formula is C32H47N11. The van der Waals surface area contributed by atoms with E-state index in [9.17, 15) is 5.26 Å². The highest BCUT2D eigenvalue weighted by molar-refractivity contribution is 5.43. The van der Waals surface area contributed by atoms with Crippen LogP contribution in [-0.4, -0.2) is 69.8 Å². The number of benzene rings is 1. The molecule has 11 heteroatoms. The second-order valence-corrected chi connectivity index (χ2v) is 11.8. The summed E-state index contributed by atoms with van der Waals surface area (Å²) in [4.78, 5) is 11.6. The van der Waals surface area contributed by atoms with Gasteiger partial charge in [0.15, 0.2) is 0 Å². The molecule has 3 heterocycles. The second kappa shape index (κ2) is 16.9. The normalized spacial score (nSPS) is 16.2. The summed E-state index contributed by atoms with van der Waals surface area (Å²) >= 11 is 0. The van der Waals surface area contributed by atoms with Gasteiger partial charge in [-0.05, 0) is 95.0 Å². The van der Waals surface area contributed by atoms with Crippen LogP contribution in [0.25, 0.3) is 0 Å². The molecule has 230 valence electrons. The van der Waals surface area contributed by atoms with Crippen LogP contribution in [0.5, 0.6) is 0 Å². The van der Waals surface area contributed by atoms with E-state index in [1.54, 1.807) is 0 Å². The van der Waals surface area contributed by atoms with Gasteiger partial charge in [0.05, 0.1) is 24.4 Å². The lowest BCUT2D eigenvalue weighted by Crippen LogP contribution is -2.35. The monoisotopic (exact) mass is 585 g/mol. The minimum absolute atomic E-state index is 0.406. The van der Waals surface area contributed by atoms with Crippen LogP contribution in [0.3, 0.4) is 0 Å². The number of nitrogens with zero attached hydrogens (tertiary/aromatic N) is 7. The van der Waals surface area contributed by atoms with E-state index in [0.717, 1.165) is 88.1 Å². The van der Waals surface area contributed by atoms with Gasteiger partial charge in [0, 0.05) is 31.4 Å². The lowest BCUT2D eigenvalue weighted by Gasteiger charge is -2.25. The Hall–Kier alpha value is -3.59. The number of rotatable bonds is 16. The minimum atomic E-state index is 0.406. The molecule has 0 amide bonds. The molecule has 0 bridgehead atoms. The second-order valence-electron chi connectivity index (χ2n) is 11.8. The van der Waals surface area contributed by atoms with Gasteiger partial charge in [-0.2, -0.15) is 10.2 Å². The predicted molar refractivity (Wildman–Crippen MR) is 170 cm³/mol. The van der Waals surface area contributed by atoms with E-state index in [2.05, 4.69) is 47.5 Å². The first-order chi connectivity index (χ1) is 21.2. The summed E-state index contributed by atoms with van der Waals surface area (Å²) in [5.74, 6) is 1.47. The summed E-state index contributed by atoms with van der Waals surface area (Å²) in [6, 6.07) is 12.9. The molecule has 0 radical (unpaired) electrons. The number of aromatic nitrogens is 5. The molecule has 1 saturated heterocycles. The summed E-state index contributed by atoms with van der Waals surface area (Å²) in [6.07, 6.45) is 15.0. The first kappa shape index (κ1) is 30.9. The lowest BCUT2D eigenvalue weighted by molar-refractivity contribution is 0.371. The van der Waals surface area contributed by atoms with Crippen molar-refractivity contribution < 1.29 is 0 Å². The summed E-state index contributed by atoms with van der Waals surface area (Å²) in [7, 11) is 0. The van der Waals surface area contributed by atoms with E-state index in [1.165, 1.54) is 32.1 Å². The Bertz CT molecular complexity index is 1260. The molecule has 0 spiro atoms. The Morgan fingerprint density at radius 1 is 0.930 bits per heavy atom. The summed E-state index contributed by atoms with van der Waals surface area (Å²) < 4.78 is 1.93. The third kappa shape index (κ3) is 10.3. The number of hydrogen-bond acceptors (Lipinski definition) is 10. The minimum Gasteiger partial charge on any atom is -0.367 e. The maximum atomic E-state index is 9.21. The Morgan fingerprint density at radius 3 is 2.56 bits per heavy atom. The Morgan fingerprint density at radius 2 is 1.74 bits per heavy atom. The zero-order chi connectivity index (χ0) is 29.5. The number of hydrogen-bond donors (Lipinski definition) is 4. The first-order valence-corrected chi connectivity index (χ1v) is 16.1. The van der Waals surface area contributed by atoms with Crippen LogP contribution in [-0.2, 0) is 19.6 Å². The van der Waals surface area contributed by atoms with Crippen molar-refractivity contribution in [1.29, 1.82) is 5.26 Å². The largest absolute Gasteiger partial charge is 0.367 e. The summed E-state index contributed by atoms with van der Waals surface area (Å²) in [5, 5.41) is 32.4. The Balaban J connectivity index is 1.12. The van der Waals surface area contributed by atoms with Crippen LogP contribution in [0.4, 0.5) is 11.8 Å². The lowest BCUT2D eigenvalue weighted by atomic mass is 9.95. The average Bonchev–Trinajstić information content (AvgIpc) is 3.50. The fraction of sp³-hybridized carbons (Fsp3) is 0.594. The number of anilines is 2. The molecular weight excluding hydrogens is 538 g/mol. The van der Waals surface area contributed by atoms with Crippen LogP contribution in [0, 0.1) is 11.3 Å². The number of nitriles is 1. The van der Waals surface area contributed by atoms with Crippen LogP contribution in [0.1, 0.15) is 74.6 Å². The topological polar surface area (TPSA) is 132 Å². The molecule has 1 aromatic carbocycles. The van der Waals surface area contributed by atoms with E-state index in [-0.39, 0.29) is 0 Å². The van der Waals surface area contributed by atoms with Crippen LogP contribution in [0.15, 0.2) is 42.7 Å². The van der Waals surface area contributed by atoms with Crippen molar-refractivity contribution in [2.45, 2.75) is 89.5 Å². The summed E-state index contributed by atoms with van der Waals surface area (Å²) in [6.45, 7) is 7.09. The zero-order valence-corrected chi connectivity index (χ0v) is 25.3. The van der Waals surface area contributed by atoms with Crippen LogP contribution >= 0.6 is 0 Å². The number of piperidine rings is 1. The molecule has 3 aromatic rings. The predicted octanol–water partition coefficient (Wildman–Crippen LogP) is 3.60. The fourth-order valence-corrected chi connectivity index (χ4v) is 5.89. The molecule has 0 atom stereocenters. The molecule has 2 aromatic heterocycles. The SMILES string of the molecule is N#Cc1ccc(CN(Cc2cn(CCCNCCCNC3CCCCC3)nn2)c2nccc(NC3CCNCC3)n2)cc1. The van der Waals surface area contributed by atoms with Crippen LogP contribution < -0.4 is 26.2 Å². The fourth-order valence-electron chi connectivity index (χ4n) is 5.89. The molecule has 2 fully saturated rings. The molecule has 2 aliphatic rings. The molecule has 0 unspecified atom stereocenters. The standard InChI is InChI=1S/C32H47N11/c33-22-26-8-10-27(11-9-26)23-42(32-37-20-14-31(39-32)38-29-12-18-35-19-13-29)24-30-25-43(41-40-30)21-5-16-34-15-4-17-36-28-6-2-1-3-7-28/h8-11,14,20,25,28-29,34-36H,1-7,12-13,15-19,21,23-24H2,(H,37,38,39). The van der Waals surface area contributed by atoms with Gasteiger partial charge in [0.25, 0.3) is 0 Å². The molecule has 43 heavy (non-hydrogen) atoms. The smallest absolute Gasteiger partial charge is 0.227 e. The highest BCUT2D eigenvalue weighted by Crippen LogP contribution is 2.20. The van der Waals surface area contributed by atoms with Gasteiger partial charge >= 0.3 is 0 Å². The van der Waals surface area contributed by atoms with Crippen molar-refractivity contribution in [3.8, 4) is 6.07 Å². The third-order valence-corrected chi connectivity index (χ3v) is 8.32. The molecule has 5 rings (SSSR count). The molecule has 4 N–H and O–H groups in total. The number of aryl methyl sites for hydroxylation is 1. The molecule has 1 aliphatic heterocycles. The van der Waals surface area contributed by atoms with Crippen molar-refractivity contribution in [2.75, 3.05) is 42.9 Å². The van der Waals surface area contributed by atoms with Crippen molar-refractivity contribution in [2.24, 2.45) is 0 Å². The van der Waals surface area contributed by atoms with E-state index in [1.807, 2.05) is 47.4 Å². The molecule has 1 aliphatic carbocycles. The van der Waals surface area contributed by atoms with Gasteiger partial charge in [-0.3, -0.25) is 4.68 Å². The van der Waals surface area contributed by atoms with Gasteiger partial charge in [-0.25, -0.2) is 4.98 Å². The van der Waals surface area contributed by atoms with E-state index >= 15 is 0 Å². The van der Waals surface area contributed by atoms with Crippen LogP contribution in [0.2, 0.25) is 0 Å². The van der Waals surface area contributed by atoms with Crippen molar-refractivity contribution >= 4 is 11.8 Å². The maximum absolute atomic E-state index is 9.21. The van der Waals surface area contributed by atoms with Gasteiger partial charge < -0.3 is 26.2 Å². The zero-order valence-electron chi connectivity index (χ0n) is 25.3. The van der Waals surface area contributed by atoms with Crippen molar-refractivity contribution in [3.05, 3.63) is 59.5 Å². The van der Waals surface area contributed by atoms with E-state index < -0.39 is 0 Å². The van der Waals surface area contributed by atoms with Gasteiger partial charge in [0.1, 0.15) is 11.5 Å². The van der Waals surface area contributed by atoms with Gasteiger partial charge in [0.2, 0.25) is 5.95 Å². The highest BCUT2D eigenvalue weighted by Gasteiger charge is 2.17. The quantitative estimate of drug-likeness (QED) is 0.185. The van der Waals surface area contributed by atoms with Gasteiger partial charge in [-0.1, -0.05) is 36.6 Å². The van der Waals surface area contributed by atoms with E-state index in [0.29, 0.717) is 30.6 Å². The van der Waals surface area contributed by atoms with Crippen molar-refractivity contribution in [3.63, 3.8) is 0 Å². The average molecular weight is 586 g/mol. The maximum Gasteiger partial charge on any atom is 0.227 e. The van der Waals surface area contributed by atoms with E-state index in [4.69, 9.17) is 4.98 Å². The molecule has 1 saturated carbocycles.